The average molecular weight is 311 g/mol. The van der Waals surface area contributed by atoms with E-state index in [1.807, 2.05) is 56.3 Å². The summed E-state index contributed by atoms with van der Waals surface area (Å²) >= 11 is 0. The first-order chi connectivity index (χ1) is 11.1. The Balaban J connectivity index is 1.89. The molecule has 1 aromatic carbocycles. The summed E-state index contributed by atoms with van der Waals surface area (Å²) in [5.41, 5.74) is 3.44. The Morgan fingerprint density at radius 2 is 1.96 bits per heavy atom. The van der Waals surface area contributed by atoms with Crippen molar-refractivity contribution in [1.29, 1.82) is 0 Å². The van der Waals surface area contributed by atoms with Crippen molar-refractivity contribution in [2.24, 2.45) is 0 Å². The van der Waals surface area contributed by atoms with Crippen molar-refractivity contribution in [2.45, 2.75) is 25.8 Å². The van der Waals surface area contributed by atoms with Gasteiger partial charge >= 0.3 is 0 Å². The van der Waals surface area contributed by atoms with Crippen LogP contribution in [0.15, 0.2) is 48.8 Å². The van der Waals surface area contributed by atoms with Gasteiger partial charge in [0.25, 0.3) is 0 Å². The monoisotopic (exact) mass is 311 g/mol. The lowest BCUT2D eigenvalue weighted by Crippen LogP contribution is -2.37. The summed E-state index contributed by atoms with van der Waals surface area (Å²) in [6.07, 6.45) is 5.46. The maximum atomic E-state index is 12.5. The van der Waals surface area contributed by atoms with Gasteiger partial charge in [0.05, 0.1) is 0 Å². The first kappa shape index (κ1) is 17.2. The van der Waals surface area contributed by atoms with Crippen LogP contribution < -0.4 is 5.32 Å². The molecule has 0 radical (unpaired) electrons. The van der Waals surface area contributed by atoms with E-state index >= 15 is 0 Å². The lowest BCUT2D eigenvalue weighted by Gasteiger charge is -2.24. The van der Waals surface area contributed by atoms with Crippen molar-refractivity contribution in [3.05, 3.63) is 65.5 Å². The molecule has 1 atom stereocenters. The maximum Gasteiger partial charge on any atom is 0.241 e. The molecular formula is C19H25N3O. The van der Waals surface area contributed by atoms with Gasteiger partial charge in [0.2, 0.25) is 5.91 Å². The summed E-state index contributed by atoms with van der Waals surface area (Å²) in [5, 5.41) is 3.06. The quantitative estimate of drug-likeness (QED) is 0.800. The van der Waals surface area contributed by atoms with Crippen molar-refractivity contribution in [1.82, 2.24) is 15.2 Å². The zero-order chi connectivity index (χ0) is 16.7. The van der Waals surface area contributed by atoms with Gasteiger partial charge in [0.15, 0.2) is 0 Å². The molecule has 2 aromatic rings. The molecule has 1 aromatic heterocycles. The Bertz CT molecular complexity index is 626. The van der Waals surface area contributed by atoms with Gasteiger partial charge in [-0.2, -0.15) is 0 Å². The molecule has 0 aliphatic carbocycles. The van der Waals surface area contributed by atoms with Crippen LogP contribution in [0.4, 0.5) is 0 Å². The number of amides is 1. The standard InChI is InChI=1S/C19H25N3O/c1-15-6-4-8-17(14-15)18(22(2)3)19(23)21-11-5-7-16-9-12-20-13-10-16/h4,6,8-10,12-14,18H,5,7,11H2,1-3H3,(H,21,23)/t18-/m1/s1. The molecule has 1 N–H and O–H groups in total. The van der Waals surface area contributed by atoms with Crippen molar-refractivity contribution >= 4 is 5.91 Å². The lowest BCUT2D eigenvalue weighted by molar-refractivity contribution is -0.125. The fourth-order valence-corrected chi connectivity index (χ4v) is 2.67. The number of aromatic nitrogens is 1. The second-order valence-corrected chi connectivity index (χ2v) is 6.03. The molecule has 0 aliphatic heterocycles. The minimum atomic E-state index is -0.254. The van der Waals surface area contributed by atoms with Crippen LogP contribution in [-0.2, 0) is 11.2 Å². The Hall–Kier alpha value is -2.20. The molecule has 0 bridgehead atoms. The number of carbonyl (C=O) groups is 1. The summed E-state index contributed by atoms with van der Waals surface area (Å²) in [5.74, 6) is 0.0512. The molecule has 4 heteroatoms. The van der Waals surface area contributed by atoms with Gasteiger partial charge in [0, 0.05) is 18.9 Å². The third kappa shape index (κ3) is 5.18. The van der Waals surface area contributed by atoms with E-state index in [9.17, 15) is 4.79 Å². The molecule has 0 aliphatic rings. The van der Waals surface area contributed by atoms with Crippen molar-refractivity contribution in [2.75, 3.05) is 20.6 Å². The van der Waals surface area contributed by atoms with Crippen molar-refractivity contribution in [3.63, 3.8) is 0 Å². The molecule has 4 nitrogen and oxygen atoms in total. The van der Waals surface area contributed by atoms with Crippen molar-refractivity contribution < 1.29 is 4.79 Å². The topological polar surface area (TPSA) is 45.2 Å². The van der Waals surface area contributed by atoms with Crippen LogP contribution in [0.3, 0.4) is 0 Å². The molecule has 122 valence electrons. The van der Waals surface area contributed by atoms with E-state index in [1.54, 1.807) is 12.4 Å². The number of nitrogens with one attached hydrogen (secondary N) is 1. The highest BCUT2D eigenvalue weighted by Crippen LogP contribution is 2.19. The second kappa shape index (κ2) is 8.44. The van der Waals surface area contributed by atoms with Gasteiger partial charge < -0.3 is 5.32 Å². The summed E-state index contributed by atoms with van der Waals surface area (Å²) in [4.78, 5) is 18.5. The number of hydrogen-bond acceptors (Lipinski definition) is 3. The highest BCUT2D eigenvalue weighted by atomic mass is 16.2. The third-order valence-electron chi connectivity index (χ3n) is 3.81. The van der Waals surface area contributed by atoms with Gasteiger partial charge in [-0.3, -0.25) is 14.7 Å². The maximum absolute atomic E-state index is 12.5. The first-order valence-corrected chi connectivity index (χ1v) is 7.97. The predicted octanol–water partition coefficient (Wildman–Crippen LogP) is 2.74. The largest absolute Gasteiger partial charge is 0.354 e. The zero-order valence-corrected chi connectivity index (χ0v) is 14.1. The number of benzene rings is 1. The minimum absolute atomic E-state index is 0.0512. The number of pyridine rings is 1. The van der Waals surface area contributed by atoms with E-state index < -0.39 is 0 Å². The van der Waals surface area contributed by atoms with Gasteiger partial charge in [-0.25, -0.2) is 0 Å². The van der Waals surface area contributed by atoms with Crippen LogP contribution in [0, 0.1) is 6.92 Å². The number of aryl methyl sites for hydroxylation is 2. The summed E-state index contributed by atoms with van der Waals surface area (Å²) in [6, 6.07) is 11.9. The fourth-order valence-electron chi connectivity index (χ4n) is 2.67. The Kier molecular flexibility index (Phi) is 6.29. The number of hydrogen-bond donors (Lipinski definition) is 1. The number of nitrogens with zero attached hydrogens (tertiary/aromatic N) is 2. The summed E-state index contributed by atoms with van der Waals surface area (Å²) in [7, 11) is 3.87. The van der Waals surface area contributed by atoms with Crippen LogP contribution in [0.1, 0.15) is 29.2 Å². The molecule has 23 heavy (non-hydrogen) atoms. The van der Waals surface area contributed by atoms with Gasteiger partial charge in [-0.05, 0) is 57.1 Å². The Morgan fingerprint density at radius 3 is 2.61 bits per heavy atom. The molecule has 0 spiro atoms. The van der Waals surface area contributed by atoms with E-state index in [2.05, 4.69) is 16.4 Å². The average Bonchev–Trinajstić information content (AvgIpc) is 2.52. The highest BCUT2D eigenvalue weighted by molar-refractivity contribution is 5.83. The molecular weight excluding hydrogens is 286 g/mol. The van der Waals surface area contributed by atoms with Crippen LogP contribution in [0.2, 0.25) is 0 Å². The van der Waals surface area contributed by atoms with E-state index in [4.69, 9.17) is 0 Å². The lowest BCUT2D eigenvalue weighted by atomic mass is 10.0. The van der Waals surface area contributed by atoms with E-state index in [-0.39, 0.29) is 11.9 Å². The highest BCUT2D eigenvalue weighted by Gasteiger charge is 2.22. The van der Waals surface area contributed by atoms with Crippen LogP contribution in [0.5, 0.6) is 0 Å². The van der Waals surface area contributed by atoms with Crippen molar-refractivity contribution in [3.8, 4) is 0 Å². The second-order valence-electron chi connectivity index (χ2n) is 6.03. The SMILES string of the molecule is Cc1cccc([C@H](C(=O)NCCCc2ccncc2)N(C)C)c1. The molecule has 1 amide bonds. The predicted molar refractivity (Wildman–Crippen MR) is 93.2 cm³/mol. The molecule has 0 fully saturated rings. The van der Waals surface area contributed by atoms with Gasteiger partial charge in [-0.15, -0.1) is 0 Å². The smallest absolute Gasteiger partial charge is 0.241 e. The normalized spacial score (nSPS) is 12.2. The number of carbonyl (C=O) groups excluding carboxylic acids is 1. The first-order valence-electron chi connectivity index (χ1n) is 7.97. The Labute approximate surface area is 138 Å². The van der Waals surface area contributed by atoms with Gasteiger partial charge in [-0.1, -0.05) is 29.8 Å². The van der Waals surface area contributed by atoms with Crippen LogP contribution >= 0.6 is 0 Å². The molecule has 0 saturated carbocycles. The molecule has 1 heterocycles. The summed E-state index contributed by atoms with van der Waals surface area (Å²) < 4.78 is 0. The van der Waals surface area contributed by atoms with Gasteiger partial charge in [0.1, 0.15) is 6.04 Å². The fraction of sp³-hybridized carbons (Fsp3) is 0.368. The minimum Gasteiger partial charge on any atom is -0.354 e. The Morgan fingerprint density at radius 1 is 1.22 bits per heavy atom. The molecule has 2 rings (SSSR count). The van der Waals surface area contributed by atoms with Crippen LogP contribution in [-0.4, -0.2) is 36.4 Å². The molecule has 0 saturated heterocycles. The van der Waals surface area contributed by atoms with Crippen LogP contribution in [0.25, 0.3) is 0 Å². The third-order valence-corrected chi connectivity index (χ3v) is 3.81. The summed E-state index contributed by atoms with van der Waals surface area (Å²) in [6.45, 7) is 2.72. The van der Waals surface area contributed by atoms with E-state index in [0.29, 0.717) is 6.54 Å². The zero-order valence-electron chi connectivity index (χ0n) is 14.1. The van der Waals surface area contributed by atoms with E-state index in [1.165, 1.54) is 11.1 Å². The van der Waals surface area contributed by atoms with E-state index in [0.717, 1.165) is 18.4 Å². The number of rotatable bonds is 7. The molecule has 0 unspecified atom stereocenters. The number of likely N-dealkylation sites (N-methyl/N-ethyl adjacent to an activating group) is 1.